The molecule has 1 rings (SSSR count). The van der Waals surface area contributed by atoms with Gasteiger partial charge in [0.25, 0.3) is 0 Å². The molecule has 0 N–H and O–H groups in total. The molecule has 0 radical (unpaired) electrons. The second-order valence-corrected chi connectivity index (χ2v) is 1.71. The third-order valence-electron chi connectivity index (χ3n) is 0.641. The highest BCUT2D eigenvalue weighted by atomic mass is 32.1. The minimum atomic E-state index is 0.929. The predicted octanol–water partition coefficient (Wildman–Crippen LogP) is 1.58. The number of rotatable bonds is 0. The molecule has 0 spiro atoms. The summed E-state index contributed by atoms with van der Waals surface area (Å²) in [5, 5.41) is 0. The Kier molecular flexibility index (Phi) is 1.24. The van der Waals surface area contributed by atoms with Crippen LogP contribution in [0.25, 0.3) is 0 Å². The van der Waals surface area contributed by atoms with Gasteiger partial charge in [0.1, 0.15) is 0 Å². The van der Waals surface area contributed by atoms with Crippen molar-refractivity contribution in [2.45, 2.75) is 4.90 Å². The molecule has 0 aliphatic heterocycles. The van der Waals surface area contributed by atoms with Crippen LogP contribution < -0.4 is 0 Å². The zero-order valence-corrected chi connectivity index (χ0v) is 4.57. The normalized spacial score (nSPS) is 7.57. The van der Waals surface area contributed by atoms with Gasteiger partial charge in [-0.15, -0.1) is 12.6 Å². The summed E-state index contributed by atoms with van der Waals surface area (Å²) in [4.78, 5) is 0.929. The van der Waals surface area contributed by atoms with Crippen LogP contribution in [0.3, 0.4) is 0 Å². The molecule has 0 aliphatic carbocycles. The molecule has 1 heteroatoms. The van der Waals surface area contributed by atoms with E-state index in [1.54, 1.807) is 12.1 Å². The van der Waals surface area contributed by atoms with E-state index in [1.165, 1.54) is 0 Å². The van der Waals surface area contributed by atoms with Crippen LogP contribution in [0.4, 0.5) is 0 Å². The van der Waals surface area contributed by atoms with Crippen LogP contribution in [0.1, 0.15) is 0 Å². The van der Waals surface area contributed by atoms with Crippen molar-refractivity contribution in [1.29, 1.82) is 0 Å². The fourth-order valence-electron chi connectivity index (χ4n) is 0.339. The lowest BCUT2D eigenvalue weighted by atomic mass is 10.4. The van der Waals surface area contributed by atoms with Crippen molar-refractivity contribution >= 4 is 12.6 Å². The average molecular weight is 108 g/mol. The van der Waals surface area contributed by atoms with Gasteiger partial charge in [-0.2, -0.15) is 0 Å². The summed E-state index contributed by atoms with van der Waals surface area (Å²) in [6.07, 6.45) is 0. The smallest absolute Gasteiger partial charge is 0.0130 e. The van der Waals surface area contributed by atoms with Crippen LogP contribution in [0, 0.1) is 12.1 Å². The predicted molar refractivity (Wildman–Crippen MR) is 31.4 cm³/mol. The van der Waals surface area contributed by atoms with E-state index >= 15 is 0 Å². The van der Waals surface area contributed by atoms with Crippen LogP contribution in [-0.4, -0.2) is 0 Å². The minimum Gasteiger partial charge on any atom is -0.143 e. The third kappa shape index (κ3) is 1.13. The molecule has 0 saturated carbocycles. The Hall–Kier alpha value is -0.610. The highest BCUT2D eigenvalue weighted by Crippen LogP contribution is 1.97. The minimum absolute atomic E-state index is 0.929. The van der Waals surface area contributed by atoms with Gasteiger partial charge in [-0.05, 0) is 12.1 Å². The quantitative estimate of drug-likeness (QED) is 0.479. The molecule has 0 aliphatic rings. The molecular formula is C6H4S. The Bertz CT molecular complexity index is 134. The molecule has 1 aromatic carbocycles. The van der Waals surface area contributed by atoms with E-state index < -0.39 is 0 Å². The molecule has 34 valence electrons. The topological polar surface area (TPSA) is 0 Å². The van der Waals surface area contributed by atoms with Crippen molar-refractivity contribution in [1.82, 2.24) is 0 Å². The molecule has 0 bridgehead atoms. The first kappa shape index (κ1) is 4.55. The molecule has 0 nitrogen and oxygen atoms in total. The first-order valence-corrected chi connectivity index (χ1v) is 2.41. The third-order valence-corrected chi connectivity index (χ3v) is 0.919. The lowest BCUT2D eigenvalue weighted by molar-refractivity contribution is 1.50. The molecule has 0 heterocycles. The molecule has 1 aromatic rings. The van der Waals surface area contributed by atoms with Crippen LogP contribution in [0.5, 0.6) is 0 Å². The Morgan fingerprint density at radius 2 is 2.29 bits per heavy atom. The molecule has 0 atom stereocenters. The molecule has 0 saturated heterocycles. The maximum Gasteiger partial charge on any atom is 0.0130 e. The van der Waals surface area contributed by atoms with Gasteiger partial charge in [0.05, 0.1) is 0 Å². The van der Waals surface area contributed by atoms with E-state index in [4.69, 9.17) is 0 Å². The molecule has 0 aromatic heterocycles. The van der Waals surface area contributed by atoms with E-state index in [-0.39, 0.29) is 0 Å². The second kappa shape index (κ2) is 1.90. The van der Waals surface area contributed by atoms with E-state index in [1.807, 2.05) is 6.07 Å². The molecule has 0 amide bonds. The van der Waals surface area contributed by atoms with Gasteiger partial charge in [0, 0.05) is 11.0 Å². The standard InChI is InChI=1S/C6H4S/c7-6-4-2-1-3-5-6/h2,4-5,7H. The number of hydrogen-bond donors (Lipinski definition) is 1. The van der Waals surface area contributed by atoms with Crippen molar-refractivity contribution in [2.75, 3.05) is 0 Å². The van der Waals surface area contributed by atoms with E-state index in [0.29, 0.717) is 0 Å². The van der Waals surface area contributed by atoms with Gasteiger partial charge in [0.15, 0.2) is 0 Å². The SMILES string of the molecule is Sc1cc#ccc1. The zero-order valence-electron chi connectivity index (χ0n) is 3.68. The first-order chi connectivity index (χ1) is 3.39. The fourth-order valence-corrected chi connectivity index (χ4v) is 0.478. The first-order valence-electron chi connectivity index (χ1n) is 1.96. The van der Waals surface area contributed by atoms with Crippen molar-refractivity contribution in [3.8, 4) is 0 Å². The Morgan fingerprint density at radius 1 is 1.43 bits per heavy atom. The van der Waals surface area contributed by atoms with Gasteiger partial charge >= 0.3 is 0 Å². The van der Waals surface area contributed by atoms with Crippen molar-refractivity contribution in [2.24, 2.45) is 0 Å². The largest absolute Gasteiger partial charge is 0.143 e. The van der Waals surface area contributed by atoms with Crippen molar-refractivity contribution in [3.63, 3.8) is 0 Å². The van der Waals surface area contributed by atoms with Gasteiger partial charge in [-0.25, -0.2) is 0 Å². The average Bonchev–Trinajstić information content (AvgIpc) is 1.69. The summed E-state index contributed by atoms with van der Waals surface area (Å²) in [5.74, 6) is 0. The Morgan fingerprint density at radius 3 is 2.57 bits per heavy atom. The van der Waals surface area contributed by atoms with E-state index in [2.05, 4.69) is 24.8 Å². The fraction of sp³-hybridized carbons (Fsp3) is 0. The van der Waals surface area contributed by atoms with E-state index in [9.17, 15) is 0 Å². The zero-order chi connectivity index (χ0) is 5.11. The summed E-state index contributed by atoms with van der Waals surface area (Å²) >= 11 is 4.03. The maximum atomic E-state index is 4.03. The molecular weight excluding hydrogens is 104 g/mol. The van der Waals surface area contributed by atoms with Gasteiger partial charge in [-0.3, -0.25) is 0 Å². The summed E-state index contributed by atoms with van der Waals surface area (Å²) in [7, 11) is 0. The Labute approximate surface area is 48.6 Å². The van der Waals surface area contributed by atoms with Crippen LogP contribution in [0.2, 0.25) is 0 Å². The van der Waals surface area contributed by atoms with Gasteiger partial charge < -0.3 is 0 Å². The van der Waals surface area contributed by atoms with Gasteiger partial charge in [0.2, 0.25) is 0 Å². The molecule has 7 heavy (non-hydrogen) atoms. The van der Waals surface area contributed by atoms with Crippen molar-refractivity contribution in [3.05, 3.63) is 30.3 Å². The second-order valence-electron chi connectivity index (χ2n) is 1.19. The highest BCUT2D eigenvalue weighted by Gasteiger charge is 1.71. The lowest BCUT2D eigenvalue weighted by Crippen LogP contribution is -1.53. The monoisotopic (exact) mass is 108 g/mol. The number of hydrogen-bond acceptors (Lipinski definition) is 1. The number of thiol groups is 1. The van der Waals surface area contributed by atoms with Crippen LogP contribution in [0.15, 0.2) is 23.1 Å². The van der Waals surface area contributed by atoms with Crippen molar-refractivity contribution < 1.29 is 0 Å². The molecule has 0 unspecified atom stereocenters. The summed E-state index contributed by atoms with van der Waals surface area (Å²) in [6.45, 7) is 0. The summed E-state index contributed by atoms with van der Waals surface area (Å²) < 4.78 is 0. The van der Waals surface area contributed by atoms with Crippen LogP contribution in [-0.2, 0) is 0 Å². The molecule has 0 fully saturated rings. The van der Waals surface area contributed by atoms with Crippen LogP contribution >= 0.6 is 12.6 Å². The highest BCUT2D eigenvalue weighted by molar-refractivity contribution is 7.80. The summed E-state index contributed by atoms with van der Waals surface area (Å²) in [5.41, 5.74) is 0. The lowest BCUT2D eigenvalue weighted by Gasteiger charge is -1.76. The summed E-state index contributed by atoms with van der Waals surface area (Å²) in [6, 6.07) is 10.9. The van der Waals surface area contributed by atoms with E-state index in [0.717, 1.165) is 4.90 Å². The maximum absolute atomic E-state index is 4.03. The Balaban J connectivity index is 3.02. The van der Waals surface area contributed by atoms with Gasteiger partial charge in [-0.1, -0.05) is 12.1 Å².